The SMILES string of the molecule is COc1ccc(CNc2nc(N3CCC4(CC3)CC4)ncc2C(=O)NC2CCC(OP(=O)(O)O)CC2)cc1Cl. The number of piperidine rings is 1. The van der Waals surface area contributed by atoms with E-state index in [0.717, 1.165) is 31.5 Å². The highest BCUT2D eigenvalue weighted by molar-refractivity contribution is 7.46. The highest BCUT2D eigenvalue weighted by atomic mass is 35.5. The van der Waals surface area contributed by atoms with Gasteiger partial charge in [-0.2, -0.15) is 4.98 Å². The van der Waals surface area contributed by atoms with E-state index >= 15 is 0 Å². The summed E-state index contributed by atoms with van der Waals surface area (Å²) < 4.78 is 21.2. The van der Waals surface area contributed by atoms with Gasteiger partial charge < -0.3 is 30.1 Å². The van der Waals surface area contributed by atoms with Crippen molar-refractivity contribution < 1.29 is 28.4 Å². The number of phosphoric acid groups is 1. The minimum absolute atomic E-state index is 0.140. The second kappa shape index (κ2) is 11.6. The van der Waals surface area contributed by atoms with Gasteiger partial charge in [0.25, 0.3) is 5.91 Å². The van der Waals surface area contributed by atoms with Crippen LogP contribution in [0.4, 0.5) is 11.8 Å². The van der Waals surface area contributed by atoms with Crippen molar-refractivity contribution in [1.29, 1.82) is 0 Å². The van der Waals surface area contributed by atoms with Crippen molar-refractivity contribution >= 4 is 37.1 Å². The molecule has 3 fully saturated rings. The van der Waals surface area contributed by atoms with Crippen LogP contribution in [-0.4, -0.2) is 58.0 Å². The molecule has 1 aromatic carbocycles. The molecule has 1 amide bonds. The Hall–Kier alpha value is -2.43. The number of amides is 1. The summed E-state index contributed by atoms with van der Waals surface area (Å²) in [4.78, 5) is 43.0. The zero-order valence-electron chi connectivity index (χ0n) is 21.9. The van der Waals surface area contributed by atoms with Crippen molar-refractivity contribution in [3.63, 3.8) is 0 Å². The molecule has 2 heterocycles. The largest absolute Gasteiger partial charge is 0.495 e. The molecule has 2 aliphatic carbocycles. The van der Waals surface area contributed by atoms with Crippen molar-refractivity contribution in [2.24, 2.45) is 5.41 Å². The Morgan fingerprint density at radius 3 is 2.51 bits per heavy atom. The minimum atomic E-state index is -4.53. The number of benzene rings is 1. The number of hydrogen-bond acceptors (Lipinski definition) is 8. The fourth-order valence-corrected chi connectivity index (χ4v) is 6.34. The van der Waals surface area contributed by atoms with Gasteiger partial charge in [-0.25, -0.2) is 9.55 Å². The van der Waals surface area contributed by atoms with Crippen LogP contribution >= 0.6 is 19.4 Å². The maximum absolute atomic E-state index is 13.3. The fraction of sp³-hybridized carbons (Fsp3) is 0.577. The first-order valence-electron chi connectivity index (χ1n) is 13.4. The molecule has 4 N–H and O–H groups in total. The molecule has 0 atom stereocenters. The normalized spacial score (nSPS) is 22.4. The van der Waals surface area contributed by atoms with Crippen molar-refractivity contribution in [2.45, 2.75) is 70.1 Å². The number of anilines is 2. The van der Waals surface area contributed by atoms with Crippen LogP contribution in [0.3, 0.4) is 0 Å². The van der Waals surface area contributed by atoms with Gasteiger partial charge in [0.2, 0.25) is 5.95 Å². The third kappa shape index (κ3) is 7.21. The first-order chi connectivity index (χ1) is 18.6. The highest BCUT2D eigenvalue weighted by Crippen LogP contribution is 2.53. The lowest BCUT2D eigenvalue weighted by Gasteiger charge is -2.32. The molecule has 5 rings (SSSR count). The number of halogens is 1. The van der Waals surface area contributed by atoms with Crippen molar-refractivity contribution in [3.8, 4) is 5.75 Å². The number of nitrogens with one attached hydrogen (secondary N) is 2. The number of nitrogens with zero attached hydrogens (tertiary/aromatic N) is 3. The van der Waals surface area contributed by atoms with E-state index in [9.17, 15) is 9.36 Å². The molecule has 0 unspecified atom stereocenters. The lowest BCUT2D eigenvalue weighted by Crippen LogP contribution is -2.39. The second-order valence-electron chi connectivity index (χ2n) is 10.8. The summed E-state index contributed by atoms with van der Waals surface area (Å²) in [7, 11) is -2.96. The monoisotopic (exact) mass is 579 g/mol. The number of rotatable bonds is 9. The van der Waals surface area contributed by atoms with Gasteiger partial charge in [-0.1, -0.05) is 17.7 Å². The molecule has 0 radical (unpaired) electrons. The van der Waals surface area contributed by atoms with Crippen LogP contribution < -0.4 is 20.3 Å². The first-order valence-corrected chi connectivity index (χ1v) is 15.3. The van der Waals surface area contributed by atoms with Gasteiger partial charge in [0, 0.05) is 31.9 Å². The molecule has 2 saturated carbocycles. The maximum Gasteiger partial charge on any atom is 0.469 e. The Bertz CT molecular complexity index is 1240. The average molecular weight is 580 g/mol. The van der Waals surface area contributed by atoms with E-state index in [1.807, 2.05) is 12.1 Å². The van der Waals surface area contributed by atoms with Gasteiger partial charge in [0.1, 0.15) is 17.1 Å². The number of carbonyl (C=O) groups is 1. The van der Waals surface area contributed by atoms with Gasteiger partial charge >= 0.3 is 7.82 Å². The van der Waals surface area contributed by atoms with Crippen LogP contribution in [0.1, 0.15) is 67.3 Å². The van der Waals surface area contributed by atoms with E-state index in [0.29, 0.717) is 65.7 Å². The standard InChI is InChI=1S/C26H35ClN5O6P/c1-37-22-7-2-17(14-21(22)27)15-28-23-20(16-29-25(31-23)32-12-10-26(8-9-26)11-13-32)24(33)30-18-3-5-19(6-4-18)38-39(34,35)36/h2,7,14,16,18-19H,3-6,8-13,15H2,1H3,(H,30,33)(H,28,29,31)(H2,34,35,36). The first kappa shape index (κ1) is 28.1. The van der Waals surface area contributed by atoms with Crippen LogP contribution in [0, 0.1) is 5.41 Å². The average Bonchev–Trinajstić information content (AvgIpc) is 3.66. The molecule has 1 spiro atoms. The number of carbonyl (C=O) groups excluding carboxylic acids is 1. The van der Waals surface area contributed by atoms with Crippen molar-refractivity contribution in [1.82, 2.24) is 15.3 Å². The number of methoxy groups -OCH3 is 1. The number of aromatic nitrogens is 2. The Balaban J connectivity index is 1.29. The lowest BCUT2D eigenvalue weighted by atomic mass is 9.93. The molecule has 0 bridgehead atoms. The molecule has 1 saturated heterocycles. The molecule has 1 aliphatic heterocycles. The third-order valence-corrected chi connectivity index (χ3v) is 8.92. The zero-order chi connectivity index (χ0) is 27.6. The van der Waals surface area contributed by atoms with Crippen molar-refractivity contribution in [2.75, 3.05) is 30.4 Å². The van der Waals surface area contributed by atoms with E-state index in [2.05, 4.69) is 20.5 Å². The zero-order valence-corrected chi connectivity index (χ0v) is 23.6. The van der Waals surface area contributed by atoms with Crippen LogP contribution in [0.2, 0.25) is 5.02 Å². The highest BCUT2D eigenvalue weighted by Gasteiger charge is 2.44. The van der Waals surface area contributed by atoms with Crippen molar-refractivity contribution in [3.05, 3.63) is 40.5 Å². The Labute approximate surface area is 232 Å². The molecule has 39 heavy (non-hydrogen) atoms. The number of hydrogen-bond donors (Lipinski definition) is 4. The van der Waals surface area contributed by atoms with E-state index < -0.39 is 13.9 Å². The summed E-state index contributed by atoms with van der Waals surface area (Å²) in [5.74, 6) is 1.33. The Kier molecular flexibility index (Phi) is 8.35. The van der Waals surface area contributed by atoms with Crippen LogP contribution in [0.15, 0.2) is 24.4 Å². The van der Waals surface area contributed by atoms with E-state index in [4.69, 9.17) is 35.6 Å². The molecule has 2 aromatic rings. The molecule has 212 valence electrons. The Morgan fingerprint density at radius 1 is 1.18 bits per heavy atom. The molecule has 11 nitrogen and oxygen atoms in total. The summed E-state index contributed by atoms with van der Waals surface area (Å²) in [6, 6.07) is 5.37. The number of ether oxygens (including phenoxy) is 1. The summed E-state index contributed by atoms with van der Waals surface area (Å²) in [6.07, 6.45) is 7.96. The second-order valence-corrected chi connectivity index (χ2v) is 12.4. The molecule has 1 aromatic heterocycles. The van der Waals surface area contributed by atoms with E-state index in [1.54, 1.807) is 19.4 Å². The maximum atomic E-state index is 13.3. The topological polar surface area (TPSA) is 146 Å². The predicted molar refractivity (Wildman–Crippen MR) is 147 cm³/mol. The smallest absolute Gasteiger partial charge is 0.469 e. The van der Waals surface area contributed by atoms with Gasteiger partial charge in [-0.3, -0.25) is 9.32 Å². The van der Waals surface area contributed by atoms with Crippen LogP contribution in [0.25, 0.3) is 0 Å². The van der Waals surface area contributed by atoms with Gasteiger partial charge in [0.15, 0.2) is 0 Å². The molecular formula is C26H35ClN5O6P. The van der Waals surface area contributed by atoms with Gasteiger partial charge in [0.05, 0.1) is 18.2 Å². The molecule has 13 heteroatoms. The van der Waals surface area contributed by atoms with E-state index in [-0.39, 0.29) is 11.9 Å². The summed E-state index contributed by atoms with van der Waals surface area (Å²) in [5, 5.41) is 6.85. The van der Waals surface area contributed by atoms with E-state index in [1.165, 1.54) is 12.8 Å². The number of phosphoric ester groups is 1. The summed E-state index contributed by atoms with van der Waals surface area (Å²) in [5.41, 5.74) is 1.77. The quantitative estimate of drug-likeness (QED) is 0.317. The fourth-order valence-electron chi connectivity index (χ4n) is 5.46. The Morgan fingerprint density at radius 2 is 1.90 bits per heavy atom. The predicted octanol–water partition coefficient (Wildman–Crippen LogP) is 4.28. The lowest BCUT2D eigenvalue weighted by molar-refractivity contribution is 0.0820. The van der Waals surface area contributed by atoms with Crippen LogP contribution in [0.5, 0.6) is 5.75 Å². The van der Waals surface area contributed by atoms with Crippen LogP contribution in [-0.2, 0) is 15.6 Å². The third-order valence-electron chi connectivity index (χ3n) is 8.06. The molecule has 3 aliphatic rings. The van der Waals surface area contributed by atoms with Gasteiger partial charge in [-0.05, 0) is 74.5 Å². The summed E-state index contributed by atoms with van der Waals surface area (Å²) in [6.45, 7) is 2.20. The summed E-state index contributed by atoms with van der Waals surface area (Å²) >= 11 is 6.30. The minimum Gasteiger partial charge on any atom is -0.495 e. The molecular weight excluding hydrogens is 545 g/mol. The van der Waals surface area contributed by atoms with Gasteiger partial charge in [-0.15, -0.1) is 0 Å².